The molecule has 0 saturated carbocycles. The molecule has 3 heteroatoms. The van der Waals surface area contributed by atoms with E-state index in [-0.39, 0.29) is 0 Å². The van der Waals surface area contributed by atoms with Crippen LogP contribution < -0.4 is 0 Å². The van der Waals surface area contributed by atoms with Crippen LogP contribution >= 0.6 is 0 Å². The second-order valence-electron chi connectivity index (χ2n) is 3.46. The molecule has 0 aliphatic carbocycles. The van der Waals surface area contributed by atoms with Gasteiger partial charge < -0.3 is 9.88 Å². The van der Waals surface area contributed by atoms with Gasteiger partial charge in [-0.15, -0.1) is 0 Å². The second kappa shape index (κ2) is 4.01. The van der Waals surface area contributed by atoms with Crippen molar-refractivity contribution in [2.75, 3.05) is 13.1 Å². The molecule has 2 rings (SSSR count). The SMILES string of the molecule is N#CC(=Cc1ccc[nH]1)N1CCCC1. The first-order valence-electron chi connectivity index (χ1n) is 4.90. The van der Waals surface area contributed by atoms with Crippen LogP contribution in [0.1, 0.15) is 18.5 Å². The number of likely N-dealkylation sites (tertiary alicyclic amines) is 1. The summed E-state index contributed by atoms with van der Waals surface area (Å²) in [4.78, 5) is 5.21. The summed E-state index contributed by atoms with van der Waals surface area (Å²) in [6, 6.07) is 6.15. The number of H-pyrrole nitrogens is 1. The van der Waals surface area contributed by atoms with Gasteiger partial charge in [0.1, 0.15) is 11.8 Å². The van der Waals surface area contributed by atoms with Gasteiger partial charge in [-0.25, -0.2) is 0 Å². The van der Waals surface area contributed by atoms with Gasteiger partial charge in [-0.1, -0.05) is 0 Å². The minimum absolute atomic E-state index is 0.768. The fourth-order valence-corrected chi connectivity index (χ4v) is 1.73. The third-order valence-corrected chi connectivity index (χ3v) is 2.48. The smallest absolute Gasteiger partial charge is 0.118 e. The molecule has 1 fully saturated rings. The lowest BCUT2D eigenvalue weighted by atomic mass is 10.3. The molecule has 1 aromatic heterocycles. The average molecular weight is 187 g/mol. The highest BCUT2D eigenvalue weighted by atomic mass is 15.1. The molecule has 0 radical (unpaired) electrons. The number of rotatable bonds is 2. The Morgan fingerprint density at radius 1 is 1.50 bits per heavy atom. The van der Waals surface area contributed by atoms with Crippen LogP contribution in [0.15, 0.2) is 24.0 Å². The Morgan fingerprint density at radius 3 is 2.86 bits per heavy atom. The van der Waals surface area contributed by atoms with Crippen LogP contribution in [0.3, 0.4) is 0 Å². The summed E-state index contributed by atoms with van der Waals surface area (Å²) in [6.45, 7) is 2.03. The molecule has 1 N–H and O–H groups in total. The first kappa shape index (κ1) is 8.89. The molecule has 0 spiro atoms. The van der Waals surface area contributed by atoms with E-state index in [0.29, 0.717) is 0 Å². The van der Waals surface area contributed by atoms with Crippen molar-refractivity contribution in [3.8, 4) is 6.07 Å². The fourth-order valence-electron chi connectivity index (χ4n) is 1.73. The number of hydrogen-bond donors (Lipinski definition) is 1. The lowest BCUT2D eigenvalue weighted by Gasteiger charge is -2.14. The number of nitrogens with one attached hydrogen (secondary N) is 1. The van der Waals surface area contributed by atoms with Crippen molar-refractivity contribution in [2.45, 2.75) is 12.8 Å². The maximum absolute atomic E-state index is 9.01. The van der Waals surface area contributed by atoms with E-state index in [4.69, 9.17) is 5.26 Å². The monoisotopic (exact) mass is 187 g/mol. The summed E-state index contributed by atoms with van der Waals surface area (Å²) in [7, 11) is 0. The number of aromatic amines is 1. The third-order valence-electron chi connectivity index (χ3n) is 2.48. The third kappa shape index (κ3) is 1.80. The average Bonchev–Trinajstić information content (AvgIpc) is 2.86. The van der Waals surface area contributed by atoms with Gasteiger partial charge in [0.05, 0.1) is 0 Å². The van der Waals surface area contributed by atoms with Crippen LogP contribution in [0.25, 0.3) is 6.08 Å². The van der Waals surface area contributed by atoms with Gasteiger partial charge in [0.25, 0.3) is 0 Å². The molecule has 2 heterocycles. The fraction of sp³-hybridized carbons (Fsp3) is 0.364. The summed E-state index contributed by atoms with van der Waals surface area (Å²) in [5.74, 6) is 0. The van der Waals surface area contributed by atoms with Crippen molar-refractivity contribution in [2.24, 2.45) is 0 Å². The molecule has 0 amide bonds. The molecule has 1 aliphatic rings. The number of nitriles is 1. The topological polar surface area (TPSA) is 42.8 Å². The van der Waals surface area contributed by atoms with Gasteiger partial charge >= 0.3 is 0 Å². The number of aromatic nitrogens is 1. The molecule has 1 saturated heterocycles. The predicted molar refractivity (Wildman–Crippen MR) is 55.2 cm³/mol. The first-order valence-corrected chi connectivity index (χ1v) is 4.90. The van der Waals surface area contributed by atoms with Crippen LogP contribution in [0.2, 0.25) is 0 Å². The number of allylic oxidation sites excluding steroid dienone is 1. The molecule has 3 nitrogen and oxygen atoms in total. The van der Waals surface area contributed by atoms with Crippen LogP contribution in [0.4, 0.5) is 0 Å². The quantitative estimate of drug-likeness (QED) is 0.719. The maximum atomic E-state index is 9.01. The Balaban J connectivity index is 2.17. The Bertz CT molecular complexity index is 350. The largest absolute Gasteiger partial charge is 0.363 e. The predicted octanol–water partition coefficient (Wildman–Crippen LogP) is 1.97. The summed E-state index contributed by atoms with van der Waals surface area (Å²) in [6.07, 6.45) is 6.17. The van der Waals surface area contributed by atoms with E-state index >= 15 is 0 Å². The van der Waals surface area contributed by atoms with Gasteiger partial charge in [0.15, 0.2) is 0 Å². The van der Waals surface area contributed by atoms with Gasteiger partial charge in [0, 0.05) is 25.0 Å². The van der Waals surface area contributed by atoms with Gasteiger partial charge in [-0.2, -0.15) is 5.26 Å². The van der Waals surface area contributed by atoms with Crippen molar-refractivity contribution in [3.63, 3.8) is 0 Å². The molecular weight excluding hydrogens is 174 g/mol. The highest BCUT2D eigenvalue weighted by Gasteiger charge is 2.14. The molecule has 72 valence electrons. The summed E-state index contributed by atoms with van der Waals surface area (Å²) >= 11 is 0. The molecule has 0 bridgehead atoms. The summed E-state index contributed by atoms with van der Waals surface area (Å²) < 4.78 is 0. The van der Waals surface area contributed by atoms with E-state index in [1.54, 1.807) is 0 Å². The van der Waals surface area contributed by atoms with Crippen molar-refractivity contribution in [3.05, 3.63) is 29.7 Å². The highest BCUT2D eigenvalue weighted by molar-refractivity contribution is 5.53. The van der Waals surface area contributed by atoms with Crippen LogP contribution in [0, 0.1) is 11.3 Å². The van der Waals surface area contributed by atoms with E-state index < -0.39 is 0 Å². The molecule has 1 aliphatic heterocycles. The summed E-state index contributed by atoms with van der Waals surface area (Å²) in [5.41, 5.74) is 1.76. The minimum atomic E-state index is 0.768. The van der Waals surface area contributed by atoms with Crippen LogP contribution in [0.5, 0.6) is 0 Å². The molecule has 0 aromatic carbocycles. The zero-order chi connectivity index (χ0) is 9.80. The molecule has 1 aromatic rings. The van der Waals surface area contributed by atoms with Gasteiger partial charge in [-0.3, -0.25) is 0 Å². The van der Waals surface area contributed by atoms with E-state index in [9.17, 15) is 0 Å². The normalized spacial score (nSPS) is 17.1. The molecule has 14 heavy (non-hydrogen) atoms. The van der Waals surface area contributed by atoms with Gasteiger partial charge in [0.2, 0.25) is 0 Å². The first-order chi connectivity index (χ1) is 6.90. The van der Waals surface area contributed by atoms with Crippen molar-refractivity contribution >= 4 is 6.08 Å². The van der Waals surface area contributed by atoms with Crippen LogP contribution in [-0.2, 0) is 0 Å². The van der Waals surface area contributed by atoms with Crippen molar-refractivity contribution < 1.29 is 0 Å². The standard InChI is InChI=1S/C11H13N3/c12-9-11(14-6-1-2-7-14)8-10-4-3-5-13-10/h3-5,8,13H,1-2,6-7H2. The maximum Gasteiger partial charge on any atom is 0.118 e. The van der Waals surface area contributed by atoms with E-state index in [1.807, 2.05) is 24.4 Å². The Labute approximate surface area is 83.7 Å². The summed E-state index contributed by atoms with van der Waals surface area (Å²) in [5, 5.41) is 9.01. The zero-order valence-corrected chi connectivity index (χ0v) is 8.03. The second-order valence-corrected chi connectivity index (χ2v) is 3.46. The van der Waals surface area contributed by atoms with Crippen LogP contribution in [-0.4, -0.2) is 23.0 Å². The Hall–Kier alpha value is -1.69. The van der Waals surface area contributed by atoms with Gasteiger partial charge in [-0.05, 0) is 31.1 Å². The zero-order valence-electron chi connectivity index (χ0n) is 8.03. The molecular formula is C11H13N3. The van der Waals surface area contributed by atoms with Crippen molar-refractivity contribution in [1.29, 1.82) is 5.26 Å². The highest BCUT2D eigenvalue weighted by Crippen LogP contribution is 2.16. The lowest BCUT2D eigenvalue weighted by Crippen LogP contribution is -2.17. The number of hydrogen-bond acceptors (Lipinski definition) is 2. The van der Waals surface area contributed by atoms with E-state index in [0.717, 1.165) is 24.5 Å². The Morgan fingerprint density at radius 2 is 2.29 bits per heavy atom. The number of nitrogens with zero attached hydrogens (tertiary/aromatic N) is 2. The van der Waals surface area contributed by atoms with Crippen molar-refractivity contribution in [1.82, 2.24) is 9.88 Å². The van der Waals surface area contributed by atoms with E-state index in [2.05, 4.69) is 16.0 Å². The van der Waals surface area contributed by atoms with E-state index in [1.165, 1.54) is 12.8 Å². The molecule has 0 unspecified atom stereocenters. The minimum Gasteiger partial charge on any atom is -0.363 e. The lowest BCUT2D eigenvalue weighted by molar-refractivity contribution is 0.446. The Kier molecular flexibility index (Phi) is 2.55. The molecule has 0 atom stereocenters.